The Kier molecular flexibility index (Phi) is 5.40. The van der Waals surface area contributed by atoms with Crippen LogP contribution >= 0.6 is 0 Å². The van der Waals surface area contributed by atoms with Gasteiger partial charge < -0.3 is 4.74 Å². The van der Waals surface area contributed by atoms with E-state index in [-0.39, 0.29) is 11.3 Å². The van der Waals surface area contributed by atoms with Gasteiger partial charge in [0.15, 0.2) is 5.78 Å². The summed E-state index contributed by atoms with van der Waals surface area (Å²) in [6.45, 7) is 9.70. The lowest BCUT2D eigenvalue weighted by Gasteiger charge is -2.33. The highest BCUT2D eigenvalue weighted by Gasteiger charge is 2.47. The molecule has 1 heterocycles. The van der Waals surface area contributed by atoms with Crippen molar-refractivity contribution in [2.45, 2.75) is 18.5 Å². The maximum atomic E-state index is 13.1. The number of alkyl halides is 6. The number of ketones is 1. The van der Waals surface area contributed by atoms with Crippen molar-refractivity contribution in [2.24, 2.45) is 5.92 Å². The summed E-state index contributed by atoms with van der Waals surface area (Å²) >= 11 is 0. The number of carbonyl (C=O) groups excluding carboxylic acids is 1. The molecule has 2 nitrogen and oxygen atoms in total. The lowest BCUT2D eigenvalue weighted by Crippen LogP contribution is -2.39. The van der Waals surface area contributed by atoms with Gasteiger partial charge in [-0.05, 0) is 23.8 Å². The highest BCUT2D eigenvalue weighted by molar-refractivity contribution is 6.24. The minimum absolute atomic E-state index is 0.226. The lowest BCUT2D eigenvalue weighted by atomic mass is 9.81. The molecule has 0 N–H and O–H groups in total. The van der Waals surface area contributed by atoms with Crippen molar-refractivity contribution in [3.63, 3.8) is 0 Å². The van der Waals surface area contributed by atoms with Gasteiger partial charge in [-0.2, -0.15) is 26.3 Å². The molecule has 8 heteroatoms. The van der Waals surface area contributed by atoms with Crippen LogP contribution in [0.2, 0.25) is 0 Å². The fourth-order valence-corrected chi connectivity index (χ4v) is 2.70. The Labute approximate surface area is 151 Å². The minimum atomic E-state index is -4.89. The van der Waals surface area contributed by atoms with E-state index in [0.29, 0.717) is 6.07 Å². The van der Waals surface area contributed by atoms with Gasteiger partial charge in [0.1, 0.15) is 11.9 Å². The van der Waals surface area contributed by atoms with Crippen molar-refractivity contribution in [3.8, 4) is 0 Å². The summed E-state index contributed by atoms with van der Waals surface area (Å²) in [6, 6.07) is 3.68. The van der Waals surface area contributed by atoms with E-state index >= 15 is 0 Å². The van der Waals surface area contributed by atoms with Crippen LogP contribution in [0.4, 0.5) is 26.3 Å². The summed E-state index contributed by atoms with van der Waals surface area (Å²) in [5.41, 5.74) is -3.08. The second kappa shape index (κ2) is 7.09. The molecule has 0 saturated carbocycles. The molecule has 0 bridgehead atoms. The Morgan fingerprint density at radius 3 is 2.22 bits per heavy atom. The van der Waals surface area contributed by atoms with Crippen molar-refractivity contribution in [1.29, 1.82) is 0 Å². The predicted octanol–water partition coefficient (Wildman–Crippen LogP) is 5.49. The lowest BCUT2D eigenvalue weighted by molar-refractivity contribution is -0.137. The number of hydrogen-bond donors (Lipinski definition) is 0. The van der Waals surface area contributed by atoms with E-state index in [1.165, 1.54) is 6.07 Å². The number of halogens is 6. The third-order valence-electron chi connectivity index (χ3n) is 4.00. The molecule has 0 amide bonds. The molecule has 2 unspecified atom stereocenters. The number of carbonyl (C=O) groups is 1. The van der Waals surface area contributed by atoms with Gasteiger partial charge >= 0.3 is 12.4 Å². The maximum absolute atomic E-state index is 13.1. The van der Waals surface area contributed by atoms with Crippen molar-refractivity contribution in [1.82, 2.24) is 0 Å². The molecule has 0 radical (unpaired) electrons. The highest BCUT2D eigenvalue weighted by atomic mass is 19.4. The molecular weight excluding hydrogens is 374 g/mol. The van der Waals surface area contributed by atoms with Crippen LogP contribution in [0.25, 0.3) is 5.57 Å². The summed E-state index contributed by atoms with van der Waals surface area (Å²) in [7, 11) is 0. The standard InChI is InChI=1S/C19H14F6O2/c1-4-13-15(10(3)18(20,21)22)17(26)16(14(5-2)27-13)11-7-6-8-12(9-11)19(23,24)25/h4-9,13,15H,1-3H2. The molecule has 2 rings (SSSR count). The van der Waals surface area contributed by atoms with E-state index < -0.39 is 46.9 Å². The van der Waals surface area contributed by atoms with E-state index in [9.17, 15) is 31.1 Å². The van der Waals surface area contributed by atoms with E-state index in [1.54, 1.807) is 0 Å². The summed E-state index contributed by atoms with van der Waals surface area (Å²) in [6.07, 6.45) is -8.91. The highest BCUT2D eigenvalue weighted by Crippen LogP contribution is 2.42. The van der Waals surface area contributed by atoms with Gasteiger partial charge in [-0.1, -0.05) is 37.9 Å². The summed E-state index contributed by atoms with van der Waals surface area (Å²) in [5, 5.41) is 0. The maximum Gasteiger partial charge on any atom is 0.416 e. The van der Waals surface area contributed by atoms with Crippen molar-refractivity contribution >= 4 is 11.4 Å². The Morgan fingerprint density at radius 1 is 1.11 bits per heavy atom. The van der Waals surface area contributed by atoms with Crippen LogP contribution in [-0.2, 0) is 15.7 Å². The average Bonchev–Trinajstić information content (AvgIpc) is 2.58. The molecule has 1 aromatic carbocycles. The second-order valence-electron chi connectivity index (χ2n) is 5.71. The number of Topliss-reactive ketones (excluding diaryl/α,β-unsaturated/α-hetero) is 1. The first kappa shape index (κ1) is 20.5. The SMILES string of the molecule is C=CC1=C(c2cccc(C(F)(F)F)c2)C(=O)C(C(=C)C(F)(F)F)C(C=C)O1. The zero-order valence-electron chi connectivity index (χ0n) is 13.8. The minimum Gasteiger partial charge on any atom is -0.484 e. The fraction of sp³-hybridized carbons (Fsp3) is 0.211. The molecule has 0 saturated heterocycles. The van der Waals surface area contributed by atoms with Gasteiger partial charge in [-0.25, -0.2) is 0 Å². The molecule has 1 aliphatic heterocycles. The molecule has 144 valence electrons. The number of ether oxygens (including phenoxy) is 1. The monoisotopic (exact) mass is 388 g/mol. The summed E-state index contributed by atoms with van der Waals surface area (Å²) < 4.78 is 83.6. The van der Waals surface area contributed by atoms with Crippen molar-refractivity contribution in [3.05, 3.63) is 78.6 Å². The summed E-state index contributed by atoms with van der Waals surface area (Å²) in [5.74, 6) is -3.16. The molecule has 0 aliphatic carbocycles. The molecule has 2 atom stereocenters. The van der Waals surface area contributed by atoms with Crippen LogP contribution in [0.15, 0.2) is 67.5 Å². The largest absolute Gasteiger partial charge is 0.484 e. The van der Waals surface area contributed by atoms with E-state index in [0.717, 1.165) is 24.3 Å². The molecule has 0 spiro atoms. The zero-order valence-corrected chi connectivity index (χ0v) is 13.8. The topological polar surface area (TPSA) is 26.3 Å². The zero-order chi connectivity index (χ0) is 20.6. The number of allylic oxidation sites excluding steroid dienone is 2. The van der Waals surface area contributed by atoms with Gasteiger partial charge in [0.2, 0.25) is 0 Å². The Morgan fingerprint density at radius 2 is 1.74 bits per heavy atom. The summed E-state index contributed by atoms with van der Waals surface area (Å²) in [4.78, 5) is 12.8. The first-order valence-corrected chi connectivity index (χ1v) is 7.55. The average molecular weight is 388 g/mol. The van der Waals surface area contributed by atoms with Gasteiger partial charge in [0, 0.05) is 5.57 Å². The van der Waals surface area contributed by atoms with Crippen LogP contribution in [0.3, 0.4) is 0 Å². The van der Waals surface area contributed by atoms with Gasteiger partial charge in [0.05, 0.1) is 17.1 Å². The third-order valence-corrected chi connectivity index (χ3v) is 4.00. The molecule has 1 aromatic rings. The number of hydrogen-bond acceptors (Lipinski definition) is 2. The Hall–Kier alpha value is -2.77. The van der Waals surface area contributed by atoms with Crippen LogP contribution in [0.1, 0.15) is 11.1 Å². The predicted molar refractivity (Wildman–Crippen MR) is 87.3 cm³/mol. The normalized spacial score (nSPS) is 20.9. The smallest absolute Gasteiger partial charge is 0.416 e. The Balaban J connectivity index is 2.65. The molecule has 1 aliphatic rings. The fourth-order valence-electron chi connectivity index (χ4n) is 2.70. The number of benzene rings is 1. The van der Waals surface area contributed by atoms with Crippen LogP contribution in [0, 0.1) is 5.92 Å². The van der Waals surface area contributed by atoms with Gasteiger partial charge in [-0.3, -0.25) is 4.79 Å². The van der Waals surface area contributed by atoms with Crippen molar-refractivity contribution in [2.75, 3.05) is 0 Å². The molecular formula is C19H14F6O2. The van der Waals surface area contributed by atoms with Crippen LogP contribution in [0.5, 0.6) is 0 Å². The first-order valence-electron chi connectivity index (χ1n) is 7.55. The first-order chi connectivity index (χ1) is 12.4. The van der Waals surface area contributed by atoms with Crippen LogP contribution in [-0.4, -0.2) is 18.1 Å². The molecule has 0 fully saturated rings. The number of rotatable bonds is 4. The van der Waals surface area contributed by atoms with E-state index in [2.05, 4.69) is 19.7 Å². The molecule has 27 heavy (non-hydrogen) atoms. The molecule has 0 aromatic heterocycles. The van der Waals surface area contributed by atoms with Gasteiger partial charge in [-0.15, -0.1) is 0 Å². The second-order valence-corrected chi connectivity index (χ2v) is 5.71. The van der Waals surface area contributed by atoms with Crippen molar-refractivity contribution < 1.29 is 35.9 Å². The van der Waals surface area contributed by atoms with Gasteiger partial charge in [0.25, 0.3) is 0 Å². The Bertz CT molecular complexity index is 829. The van der Waals surface area contributed by atoms with E-state index in [1.807, 2.05) is 0 Å². The van der Waals surface area contributed by atoms with Crippen LogP contribution < -0.4 is 0 Å². The third kappa shape index (κ3) is 3.99. The quantitative estimate of drug-likeness (QED) is 0.504. The van der Waals surface area contributed by atoms with E-state index in [4.69, 9.17) is 4.74 Å².